The molecular formula is C12H18BrN3. The molecule has 1 fully saturated rings. The highest BCUT2D eigenvalue weighted by Crippen LogP contribution is 2.30. The van der Waals surface area contributed by atoms with Crippen LogP contribution in [0.5, 0.6) is 0 Å². The van der Waals surface area contributed by atoms with Gasteiger partial charge in [0.25, 0.3) is 0 Å². The number of aromatic nitrogens is 1. The summed E-state index contributed by atoms with van der Waals surface area (Å²) in [6, 6.07) is 4.00. The van der Waals surface area contributed by atoms with Crippen molar-refractivity contribution in [3.63, 3.8) is 0 Å². The Labute approximate surface area is 105 Å². The van der Waals surface area contributed by atoms with Crippen LogP contribution in [0.1, 0.15) is 32.1 Å². The summed E-state index contributed by atoms with van der Waals surface area (Å²) in [5.74, 6) is 0.926. The molecule has 1 heterocycles. The third kappa shape index (κ3) is 2.74. The van der Waals surface area contributed by atoms with E-state index >= 15 is 0 Å². The molecule has 3 N–H and O–H groups in total. The highest BCUT2D eigenvalue weighted by Gasteiger charge is 2.30. The Morgan fingerprint density at radius 1 is 1.31 bits per heavy atom. The molecule has 0 radical (unpaired) electrons. The third-order valence-electron chi connectivity index (χ3n) is 3.32. The molecule has 0 saturated heterocycles. The largest absolute Gasteiger partial charge is 0.363 e. The number of rotatable bonds is 3. The second-order valence-electron chi connectivity index (χ2n) is 4.53. The monoisotopic (exact) mass is 283 g/mol. The lowest BCUT2D eigenvalue weighted by Gasteiger charge is -2.37. The van der Waals surface area contributed by atoms with Crippen molar-refractivity contribution in [2.75, 3.05) is 11.9 Å². The van der Waals surface area contributed by atoms with Crippen LogP contribution in [0, 0.1) is 0 Å². The molecule has 16 heavy (non-hydrogen) atoms. The van der Waals surface area contributed by atoms with Gasteiger partial charge in [-0.25, -0.2) is 4.98 Å². The second-order valence-corrected chi connectivity index (χ2v) is 5.45. The molecular weight excluding hydrogens is 266 g/mol. The molecule has 0 aliphatic heterocycles. The van der Waals surface area contributed by atoms with Gasteiger partial charge in [-0.3, -0.25) is 0 Å². The van der Waals surface area contributed by atoms with Gasteiger partial charge in [0.1, 0.15) is 5.82 Å². The maximum Gasteiger partial charge on any atom is 0.126 e. The summed E-state index contributed by atoms with van der Waals surface area (Å²) in [6.45, 7) is 0.685. The number of pyridine rings is 1. The van der Waals surface area contributed by atoms with Gasteiger partial charge in [-0.15, -0.1) is 0 Å². The first-order chi connectivity index (χ1) is 7.74. The lowest BCUT2D eigenvalue weighted by molar-refractivity contribution is 0.330. The van der Waals surface area contributed by atoms with Gasteiger partial charge in [0.15, 0.2) is 0 Å². The van der Waals surface area contributed by atoms with Gasteiger partial charge >= 0.3 is 0 Å². The molecule has 0 aromatic carbocycles. The van der Waals surface area contributed by atoms with Crippen molar-refractivity contribution in [2.45, 2.75) is 37.6 Å². The van der Waals surface area contributed by atoms with E-state index in [1.807, 2.05) is 18.3 Å². The van der Waals surface area contributed by atoms with Crippen molar-refractivity contribution in [3.8, 4) is 0 Å². The van der Waals surface area contributed by atoms with Gasteiger partial charge < -0.3 is 11.1 Å². The molecule has 0 bridgehead atoms. The van der Waals surface area contributed by atoms with Crippen molar-refractivity contribution in [3.05, 3.63) is 22.8 Å². The molecule has 1 saturated carbocycles. The van der Waals surface area contributed by atoms with Crippen LogP contribution in [0.4, 0.5) is 5.82 Å². The lowest BCUT2D eigenvalue weighted by Crippen LogP contribution is -2.47. The average molecular weight is 284 g/mol. The Morgan fingerprint density at radius 2 is 2.06 bits per heavy atom. The summed E-state index contributed by atoms with van der Waals surface area (Å²) in [5, 5.41) is 3.51. The predicted molar refractivity (Wildman–Crippen MR) is 70.4 cm³/mol. The van der Waals surface area contributed by atoms with E-state index in [2.05, 4.69) is 26.2 Å². The second kappa shape index (κ2) is 5.15. The molecule has 3 nitrogen and oxygen atoms in total. The van der Waals surface area contributed by atoms with Crippen LogP contribution in [-0.4, -0.2) is 17.1 Å². The van der Waals surface area contributed by atoms with Crippen LogP contribution in [0.25, 0.3) is 0 Å². The number of nitrogens with one attached hydrogen (secondary N) is 1. The van der Waals surface area contributed by atoms with E-state index < -0.39 is 0 Å². The predicted octanol–water partition coefficient (Wildman–Crippen LogP) is 2.92. The number of nitrogens with two attached hydrogens (primary N) is 1. The Kier molecular flexibility index (Phi) is 3.82. The Bertz CT molecular complexity index is 331. The first kappa shape index (κ1) is 11.9. The molecule has 1 aromatic heterocycles. The van der Waals surface area contributed by atoms with Crippen molar-refractivity contribution in [1.82, 2.24) is 4.98 Å². The Balaban J connectivity index is 2.08. The molecule has 1 aliphatic carbocycles. The van der Waals surface area contributed by atoms with Crippen LogP contribution < -0.4 is 11.1 Å². The number of hydrogen-bond acceptors (Lipinski definition) is 3. The zero-order chi connectivity index (χ0) is 11.4. The quantitative estimate of drug-likeness (QED) is 0.897. The third-order valence-corrected chi connectivity index (χ3v) is 3.79. The molecule has 0 atom stereocenters. The Morgan fingerprint density at radius 3 is 2.62 bits per heavy atom. The molecule has 1 aromatic rings. The van der Waals surface area contributed by atoms with E-state index in [-0.39, 0.29) is 5.54 Å². The number of halogens is 1. The molecule has 88 valence electrons. The zero-order valence-electron chi connectivity index (χ0n) is 9.38. The van der Waals surface area contributed by atoms with E-state index in [1.165, 1.54) is 19.3 Å². The Hall–Kier alpha value is -0.610. The minimum atomic E-state index is 0.0685. The van der Waals surface area contributed by atoms with Crippen molar-refractivity contribution >= 4 is 21.7 Å². The minimum absolute atomic E-state index is 0.0685. The normalized spacial score (nSPS) is 19.4. The van der Waals surface area contributed by atoms with Crippen LogP contribution in [0.2, 0.25) is 0 Å². The van der Waals surface area contributed by atoms with Crippen LogP contribution in [0.3, 0.4) is 0 Å². The fraction of sp³-hybridized carbons (Fsp3) is 0.583. The van der Waals surface area contributed by atoms with E-state index in [4.69, 9.17) is 5.73 Å². The fourth-order valence-electron chi connectivity index (χ4n) is 2.33. The van der Waals surface area contributed by atoms with Crippen molar-refractivity contribution < 1.29 is 0 Å². The highest BCUT2D eigenvalue weighted by atomic mass is 79.9. The highest BCUT2D eigenvalue weighted by molar-refractivity contribution is 9.10. The summed E-state index contributed by atoms with van der Waals surface area (Å²) < 4.78 is 1.00. The fourth-order valence-corrected chi connectivity index (χ4v) is 2.56. The number of nitrogens with zero attached hydrogens (tertiary/aromatic N) is 1. The van der Waals surface area contributed by atoms with Crippen molar-refractivity contribution in [2.24, 2.45) is 5.73 Å². The van der Waals surface area contributed by atoms with Crippen LogP contribution in [-0.2, 0) is 0 Å². The average Bonchev–Trinajstić information content (AvgIpc) is 2.33. The summed E-state index contributed by atoms with van der Waals surface area (Å²) >= 11 is 3.39. The molecule has 1 aliphatic rings. The lowest BCUT2D eigenvalue weighted by atomic mass is 9.81. The van der Waals surface area contributed by atoms with E-state index in [0.717, 1.165) is 23.1 Å². The zero-order valence-corrected chi connectivity index (χ0v) is 11.0. The van der Waals surface area contributed by atoms with Gasteiger partial charge in [0.2, 0.25) is 0 Å². The standard InChI is InChI=1S/C12H18BrN3/c13-10-4-5-11(15-8-10)16-12(9-14)6-2-1-3-7-12/h4-5,8H,1-3,6-7,9,14H2,(H,15,16). The first-order valence-electron chi connectivity index (χ1n) is 5.84. The SMILES string of the molecule is NCC1(Nc2ccc(Br)cn2)CCCCC1. The van der Waals surface area contributed by atoms with Crippen LogP contribution >= 0.6 is 15.9 Å². The van der Waals surface area contributed by atoms with E-state index in [1.54, 1.807) is 0 Å². The first-order valence-corrected chi connectivity index (χ1v) is 6.63. The van der Waals surface area contributed by atoms with Gasteiger partial charge in [0, 0.05) is 17.2 Å². The van der Waals surface area contributed by atoms with Gasteiger partial charge in [0.05, 0.1) is 5.54 Å². The van der Waals surface area contributed by atoms with E-state index in [0.29, 0.717) is 6.54 Å². The van der Waals surface area contributed by atoms with Crippen LogP contribution in [0.15, 0.2) is 22.8 Å². The summed E-state index contributed by atoms with van der Waals surface area (Å²) in [4.78, 5) is 4.35. The van der Waals surface area contributed by atoms with Gasteiger partial charge in [-0.2, -0.15) is 0 Å². The summed E-state index contributed by atoms with van der Waals surface area (Å²) in [5.41, 5.74) is 5.98. The molecule has 0 spiro atoms. The summed E-state index contributed by atoms with van der Waals surface area (Å²) in [7, 11) is 0. The maximum atomic E-state index is 5.92. The minimum Gasteiger partial charge on any atom is -0.363 e. The maximum absolute atomic E-state index is 5.92. The van der Waals surface area contributed by atoms with Crippen molar-refractivity contribution in [1.29, 1.82) is 0 Å². The molecule has 4 heteroatoms. The van der Waals surface area contributed by atoms with Gasteiger partial charge in [-0.1, -0.05) is 19.3 Å². The topological polar surface area (TPSA) is 50.9 Å². The molecule has 2 rings (SSSR count). The number of anilines is 1. The smallest absolute Gasteiger partial charge is 0.126 e. The summed E-state index contributed by atoms with van der Waals surface area (Å²) in [6.07, 6.45) is 7.98. The van der Waals surface area contributed by atoms with E-state index in [9.17, 15) is 0 Å². The molecule has 0 amide bonds. The van der Waals surface area contributed by atoms with Gasteiger partial charge in [-0.05, 0) is 40.9 Å². The number of hydrogen-bond donors (Lipinski definition) is 2. The molecule has 0 unspecified atom stereocenters.